The molecule has 4 aliphatic heterocycles. The van der Waals surface area contributed by atoms with Gasteiger partial charge in [-0.2, -0.15) is 0 Å². The zero-order chi connectivity index (χ0) is 24.1. The third-order valence-electron chi connectivity index (χ3n) is 8.25. The molecule has 0 radical (unpaired) electrons. The van der Waals surface area contributed by atoms with E-state index in [1.807, 2.05) is 18.1 Å². The molecule has 0 bridgehead atoms. The monoisotopic (exact) mass is 477 g/mol. The second kappa shape index (κ2) is 8.90. The lowest BCUT2D eigenvalue weighted by atomic mass is 9.88. The Morgan fingerprint density at radius 1 is 1.11 bits per heavy atom. The Morgan fingerprint density at radius 2 is 1.94 bits per heavy atom. The van der Waals surface area contributed by atoms with Crippen molar-refractivity contribution in [3.8, 4) is 5.75 Å². The summed E-state index contributed by atoms with van der Waals surface area (Å²) in [5, 5.41) is 0. The van der Waals surface area contributed by atoms with Crippen LogP contribution in [0.4, 0.5) is 15.9 Å². The zero-order valence-electron chi connectivity index (χ0n) is 20.4. The van der Waals surface area contributed by atoms with E-state index < -0.39 is 0 Å². The summed E-state index contributed by atoms with van der Waals surface area (Å²) in [5.41, 5.74) is 3.53. The summed E-state index contributed by atoms with van der Waals surface area (Å²) in [6, 6.07) is 7.41. The average molecular weight is 478 g/mol. The van der Waals surface area contributed by atoms with Crippen LogP contribution in [0.1, 0.15) is 42.9 Å². The number of ether oxygens (including phenoxy) is 1. The predicted octanol–water partition coefficient (Wildman–Crippen LogP) is 3.81. The van der Waals surface area contributed by atoms with Gasteiger partial charge in [-0.05, 0) is 48.9 Å². The number of hydrogen-bond acceptors (Lipinski definition) is 6. The van der Waals surface area contributed by atoms with E-state index in [1.54, 1.807) is 12.1 Å². The zero-order valence-corrected chi connectivity index (χ0v) is 20.4. The molecule has 7 nitrogen and oxygen atoms in total. The van der Waals surface area contributed by atoms with Crippen LogP contribution in [0.15, 0.2) is 35.5 Å². The smallest absolute Gasteiger partial charge is 0.227 e. The summed E-state index contributed by atoms with van der Waals surface area (Å²) >= 11 is 0. The number of benzene rings is 1. The average Bonchev–Trinajstić information content (AvgIpc) is 3.56. The van der Waals surface area contributed by atoms with E-state index in [0.717, 1.165) is 60.9 Å². The fraction of sp³-hybridized carbons (Fsp3) is 0.519. The molecule has 0 N–H and O–H groups in total. The van der Waals surface area contributed by atoms with Crippen LogP contribution in [-0.2, 0) is 4.79 Å². The molecule has 0 aliphatic carbocycles. The fourth-order valence-electron chi connectivity index (χ4n) is 6.24. The molecule has 1 amide bonds. The van der Waals surface area contributed by atoms with Crippen molar-refractivity contribution in [3.05, 3.63) is 47.4 Å². The first kappa shape index (κ1) is 22.5. The molecule has 3 fully saturated rings. The quantitative estimate of drug-likeness (QED) is 0.670. The maximum Gasteiger partial charge on any atom is 0.227 e. The minimum Gasteiger partial charge on any atom is -0.494 e. The van der Waals surface area contributed by atoms with E-state index in [1.165, 1.54) is 20.0 Å². The van der Waals surface area contributed by atoms with Crippen LogP contribution in [0.3, 0.4) is 0 Å². The van der Waals surface area contributed by atoms with Gasteiger partial charge < -0.3 is 14.5 Å². The number of rotatable bonds is 4. The molecule has 184 valence electrons. The molecular formula is C27H32FN5O2. The highest BCUT2D eigenvalue weighted by atomic mass is 19.1. The molecule has 3 unspecified atom stereocenters. The second-order valence-electron chi connectivity index (χ2n) is 10.3. The molecule has 5 heterocycles. The number of nitrogens with zero attached hydrogens (tertiary/aromatic N) is 5. The van der Waals surface area contributed by atoms with Crippen LogP contribution in [0.25, 0.3) is 0 Å². The second-order valence-corrected chi connectivity index (χ2v) is 10.3. The SMILES string of the molecule is COc1cc2c(cc1F)C(N1CC3CCN(C)C(=O)C3C1)CC(c1ccc(N3CCCC3)nc1)=N2. The Bertz CT molecular complexity index is 1160. The molecular weight excluding hydrogens is 445 g/mol. The van der Waals surface area contributed by atoms with E-state index in [2.05, 4.69) is 21.9 Å². The first-order valence-corrected chi connectivity index (χ1v) is 12.7. The van der Waals surface area contributed by atoms with Crippen LogP contribution in [0, 0.1) is 17.7 Å². The van der Waals surface area contributed by atoms with Crippen molar-refractivity contribution in [2.24, 2.45) is 16.8 Å². The summed E-state index contributed by atoms with van der Waals surface area (Å²) in [7, 11) is 3.37. The van der Waals surface area contributed by atoms with E-state index in [0.29, 0.717) is 18.9 Å². The number of hydrogen-bond donors (Lipinski definition) is 0. The largest absolute Gasteiger partial charge is 0.494 e. The Kier molecular flexibility index (Phi) is 5.71. The Labute approximate surface area is 205 Å². The Hall–Kier alpha value is -3.00. The van der Waals surface area contributed by atoms with Crippen molar-refractivity contribution in [1.82, 2.24) is 14.8 Å². The Morgan fingerprint density at radius 3 is 2.69 bits per heavy atom. The van der Waals surface area contributed by atoms with Gasteiger partial charge in [-0.3, -0.25) is 14.7 Å². The lowest BCUT2D eigenvalue weighted by Gasteiger charge is -2.33. The highest BCUT2D eigenvalue weighted by Crippen LogP contribution is 2.44. The number of amides is 1. The van der Waals surface area contributed by atoms with E-state index in [9.17, 15) is 9.18 Å². The highest BCUT2D eigenvalue weighted by molar-refractivity contribution is 6.03. The molecule has 2 aromatic rings. The number of anilines is 1. The topological polar surface area (TPSA) is 61.3 Å². The van der Waals surface area contributed by atoms with Gasteiger partial charge in [0, 0.05) is 70.1 Å². The maximum absolute atomic E-state index is 14.8. The Balaban J connectivity index is 1.34. The first-order chi connectivity index (χ1) is 17.0. The molecule has 0 saturated carbocycles. The van der Waals surface area contributed by atoms with Crippen molar-refractivity contribution in [3.63, 3.8) is 0 Å². The van der Waals surface area contributed by atoms with Crippen LogP contribution in [-0.4, -0.2) is 73.3 Å². The standard InChI is InChI=1S/C27H32FN5O2/c1-31-10-7-18-15-33(16-20(18)27(31)34)24-12-22(30-23-13-25(35-2)21(28)11-19(23)24)17-5-6-26(29-14-17)32-8-3-4-9-32/h5-6,11,13-14,18,20,24H,3-4,7-10,12,15-16H2,1-2H3. The van der Waals surface area contributed by atoms with Crippen molar-refractivity contribution < 1.29 is 13.9 Å². The van der Waals surface area contributed by atoms with Crippen molar-refractivity contribution >= 4 is 23.1 Å². The normalized spacial score (nSPS) is 26.5. The molecule has 1 aromatic carbocycles. The maximum atomic E-state index is 14.8. The lowest BCUT2D eigenvalue weighted by Crippen LogP contribution is -2.42. The number of fused-ring (bicyclic) bond motifs is 2. The number of piperidine rings is 1. The minimum atomic E-state index is -0.376. The van der Waals surface area contributed by atoms with Gasteiger partial charge in [0.25, 0.3) is 0 Å². The van der Waals surface area contributed by atoms with Crippen molar-refractivity contribution in [2.45, 2.75) is 31.7 Å². The molecule has 4 aliphatic rings. The third-order valence-corrected chi connectivity index (χ3v) is 8.25. The summed E-state index contributed by atoms with van der Waals surface area (Å²) in [4.78, 5) is 29.1. The van der Waals surface area contributed by atoms with Gasteiger partial charge in [-0.25, -0.2) is 9.37 Å². The van der Waals surface area contributed by atoms with Crippen LogP contribution < -0.4 is 9.64 Å². The highest BCUT2D eigenvalue weighted by Gasteiger charge is 2.45. The van der Waals surface area contributed by atoms with Crippen LogP contribution in [0.5, 0.6) is 5.75 Å². The molecule has 0 spiro atoms. The third kappa shape index (κ3) is 3.97. The summed E-state index contributed by atoms with van der Waals surface area (Å²) < 4.78 is 20.1. The molecule has 6 rings (SSSR count). The van der Waals surface area contributed by atoms with Crippen LogP contribution in [0.2, 0.25) is 0 Å². The van der Waals surface area contributed by atoms with Gasteiger partial charge in [0.15, 0.2) is 11.6 Å². The van der Waals surface area contributed by atoms with Gasteiger partial charge in [-0.15, -0.1) is 0 Å². The van der Waals surface area contributed by atoms with E-state index in [4.69, 9.17) is 14.7 Å². The minimum absolute atomic E-state index is 0.0176. The van der Waals surface area contributed by atoms with Gasteiger partial charge in [-0.1, -0.05) is 0 Å². The fourth-order valence-corrected chi connectivity index (χ4v) is 6.24. The number of aliphatic imine (C=N–C) groups is 1. The molecule has 3 atom stereocenters. The summed E-state index contributed by atoms with van der Waals surface area (Å²) in [6.07, 6.45) is 6.01. The number of likely N-dealkylation sites (tertiary alicyclic amines) is 2. The molecule has 35 heavy (non-hydrogen) atoms. The molecule has 3 saturated heterocycles. The van der Waals surface area contributed by atoms with E-state index >= 15 is 0 Å². The van der Waals surface area contributed by atoms with Gasteiger partial charge in [0.2, 0.25) is 5.91 Å². The van der Waals surface area contributed by atoms with Crippen LogP contribution >= 0.6 is 0 Å². The number of methoxy groups -OCH3 is 1. The molecule has 8 heteroatoms. The van der Waals surface area contributed by atoms with E-state index in [-0.39, 0.29) is 29.4 Å². The number of pyridine rings is 1. The predicted molar refractivity (Wildman–Crippen MR) is 133 cm³/mol. The van der Waals surface area contributed by atoms with Gasteiger partial charge in [0.05, 0.1) is 24.4 Å². The number of aromatic nitrogens is 1. The number of halogens is 1. The van der Waals surface area contributed by atoms with Gasteiger partial charge in [0.1, 0.15) is 5.82 Å². The van der Waals surface area contributed by atoms with Crippen molar-refractivity contribution in [2.75, 3.05) is 51.8 Å². The summed E-state index contributed by atoms with van der Waals surface area (Å²) in [6.45, 7) is 4.47. The van der Waals surface area contributed by atoms with Gasteiger partial charge >= 0.3 is 0 Å². The van der Waals surface area contributed by atoms with Crippen molar-refractivity contribution in [1.29, 1.82) is 0 Å². The summed E-state index contributed by atoms with van der Waals surface area (Å²) in [5.74, 6) is 1.43. The molecule has 1 aromatic heterocycles. The number of carbonyl (C=O) groups excluding carboxylic acids is 1. The lowest BCUT2D eigenvalue weighted by molar-refractivity contribution is -0.137. The first-order valence-electron chi connectivity index (χ1n) is 12.7. The number of carbonyl (C=O) groups is 1.